The topological polar surface area (TPSA) is 92.5 Å². The lowest BCUT2D eigenvalue weighted by Crippen LogP contribution is -2.35. The number of amides is 1. The van der Waals surface area contributed by atoms with Gasteiger partial charge in [-0.3, -0.25) is 4.79 Å². The number of aromatic nitrogens is 1. The number of hydrogen-bond donors (Lipinski definition) is 1. The molecule has 0 saturated heterocycles. The highest BCUT2D eigenvalue weighted by Gasteiger charge is 2.35. The molecular weight excluding hydrogens is 399 g/mol. The summed E-state index contributed by atoms with van der Waals surface area (Å²) in [6.45, 7) is 0.955. The zero-order valence-electron chi connectivity index (χ0n) is 13.5. The van der Waals surface area contributed by atoms with E-state index in [0.29, 0.717) is 16.1 Å². The Morgan fingerprint density at radius 1 is 1.35 bits per heavy atom. The van der Waals surface area contributed by atoms with Gasteiger partial charge in [-0.1, -0.05) is 16.8 Å². The van der Waals surface area contributed by atoms with Crippen LogP contribution in [0.3, 0.4) is 0 Å². The van der Waals surface area contributed by atoms with E-state index in [-0.39, 0.29) is 5.82 Å². The molecule has 2 rings (SSSR count). The maximum atomic E-state index is 12.9. The number of nitrogens with zero attached hydrogens (tertiary/aromatic N) is 2. The van der Waals surface area contributed by atoms with E-state index in [1.807, 2.05) is 0 Å². The average Bonchev–Trinajstić information content (AvgIpc) is 2.91. The normalized spacial score (nSPS) is 12.4. The second kappa shape index (κ2) is 7.25. The van der Waals surface area contributed by atoms with E-state index in [1.54, 1.807) is 6.92 Å². The molecule has 0 unspecified atom stereocenters. The van der Waals surface area contributed by atoms with E-state index in [1.165, 1.54) is 6.07 Å². The first kappa shape index (κ1) is 20.2. The number of nitrogens with one attached hydrogen (secondary N) is 1. The fourth-order valence-electron chi connectivity index (χ4n) is 1.96. The monoisotopic (exact) mass is 411 g/mol. The highest BCUT2D eigenvalue weighted by molar-refractivity contribution is 7.89. The number of halogens is 4. The number of carbonyl (C=O) groups is 1. The van der Waals surface area contributed by atoms with E-state index in [0.717, 1.165) is 19.2 Å². The summed E-state index contributed by atoms with van der Waals surface area (Å²) in [7, 11) is -3.29. The Balaban J connectivity index is 2.19. The maximum absolute atomic E-state index is 12.9. The SMILES string of the molecule is Cc1cc(NC(=O)CN(C)S(=O)(=O)c2ccc(Cl)c(C(F)(F)F)c2)no1. The molecule has 0 aliphatic rings. The van der Waals surface area contributed by atoms with Crippen LogP contribution in [-0.2, 0) is 21.0 Å². The van der Waals surface area contributed by atoms with Gasteiger partial charge in [-0.2, -0.15) is 17.5 Å². The molecule has 7 nitrogen and oxygen atoms in total. The van der Waals surface area contributed by atoms with Crippen LogP contribution in [0.5, 0.6) is 0 Å². The van der Waals surface area contributed by atoms with Crippen molar-refractivity contribution in [3.63, 3.8) is 0 Å². The number of rotatable bonds is 5. The second-order valence-electron chi connectivity index (χ2n) is 5.27. The minimum atomic E-state index is -4.82. The molecule has 142 valence electrons. The molecule has 0 fully saturated rings. The number of benzene rings is 1. The lowest BCUT2D eigenvalue weighted by molar-refractivity contribution is -0.137. The quantitative estimate of drug-likeness (QED) is 0.816. The molecule has 0 spiro atoms. The van der Waals surface area contributed by atoms with Crippen molar-refractivity contribution in [1.82, 2.24) is 9.46 Å². The maximum Gasteiger partial charge on any atom is 0.417 e. The molecule has 0 aliphatic carbocycles. The Labute approximate surface area is 151 Å². The lowest BCUT2D eigenvalue weighted by atomic mass is 10.2. The Morgan fingerprint density at radius 3 is 2.54 bits per heavy atom. The Bertz CT molecular complexity index is 928. The van der Waals surface area contributed by atoms with Gasteiger partial charge in [-0.05, 0) is 25.1 Å². The van der Waals surface area contributed by atoms with Crippen molar-refractivity contribution >= 4 is 33.3 Å². The van der Waals surface area contributed by atoms with E-state index < -0.39 is 44.1 Å². The number of likely N-dealkylation sites (N-methyl/N-ethyl adjacent to an activating group) is 1. The summed E-state index contributed by atoms with van der Waals surface area (Å²) >= 11 is 5.48. The Hall–Kier alpha value is -2.11. The van der Waals surface area contributed by atoms with Gasteiger partial charge >= 0.3 is 6.18 Å². The number of alkyl halides is 3. The fourth-order valence-corrected chi connectivity index (χ4v) is 3.34. The summed E-state index contributed by atoms with van der Waals surface area (Å²) in [5, 5.41) is 5.20. The Morgan fingerprint density at radius 2 is 2.00 bits per heavy atom. The van der Waals surface area contributed by atoms with Gasteiger partial charge in [0.15, 0.2) is 5.82 Å². The van der Waals surface area contributed by atoms with Crippen LogP contribution < -0.4 is 5.32 Å². The van der Waals surface area contributed by atoms with E-state index in [9.17, 15) is 26.4 Å². The van der Waals surface area contributed by atoms with Gasteiger partial charge in [0.25, 0.3) is 0 Å². The van der Waals surface area contributed by atoms with Crippen molar-refractivity contribution in [2.24, 2.45) is 0 Å². The largest absolute Gasteiger partial charge is 0.417 e. The third-order valence-corrected chi connectivity index (χ3v) is 5.34. The minimum absolute atomic E-state index is 0.0872. The first-order valence-corrected chi connectivity index (χ1v) is 8.79. The first-order chi connectivity index (χ1) is 11.9. The number of aryl methyl sites for hydroxylation is 1. The van der Waals surface area contributed by atoms with Crippen LogP contribution in [0.15, 0.2) is 33.7 Å². The van der Waals surface area contributed by atoms with Crippen molar-refractivity contribution in [3.05, 3.63) is 40.6 Å². The van der Waals surface area contributed by atoms with Crippen LogP contribution in [0.25, 0.3) is 0 Å². The number of sulfonamides is 1. The predicted octanol–water partition coefficient (Wildman–Crippen LogP) is 2.91. The van der Waals surface area contributed by atoms with Gasteiger partial charge in [0.2, 0.25) is 15.9 Å². The van der Waals surface area contributed by atoms with Crippen LogP contribution >= 0.6 is 11.6 Å². The molecule has 0 atom stereocenters. The summed E-state index contributed by atoms with van der Waals surface area (Å²) in [5.74, 6) is -0.222. The fraction of sp³-hybridized carbons (Fsp3) is 0.286. The van der Waals surface area contributed by atoms with Crippen LogP contribution in [0.1, 0.15) is 11.3 Å². The molecule has 1 aromatic heterocycles. The Kier molecular flexibility index (Phi) is 5.64. The van der Waals surface area contributed by atoms with E-state index in [2.05, 4.69) is 10.5 Å². The van der Waals surface area contributed by atoms with Gasteiger partial charge in [0.1, 0.15) is 5.76 Å². The summed E-state index contributed by atoms with van der Waals surface area (Å²) in [6, 6.07) is 3.61. The zero-order valence-corrected chi connectivity index (χ0v) is 15.0. The molecule has 2 aromatic rings. The highest BCUT2D eigenvalue weighted by atomic mass is 35.5. The molecule has 0 aliphatic heterocycles. The van der Waals surface area contributed by atoms with Crippen LogP contribution in [0.4, 0.5) is 19.0 Å². The van der Waals surface area contributed by atoms with Gasteiger partial charge < -0.3 is 9.84 Å². The number of hydrogen-bond acceptors (Lipinski definition) is 5. The second-order valence-corrected chi connectivity index (χ2v) is 7.72. The molecule has 1 amide bonds. The number of anilines is 1. The highest BCUT2D eigenvalue weighted by Crippen LogP contribution is 2.36. The van der Waals surface area contributed by atoms with Gasteiger partial charge in [-0.25, -0.2) is 8.42 Å². The van der Waals surface area contributed by atoms with Crippen LogP contribution in [-0.4, -0.2) is 37.4 Å². The standard InChI is InChI=1S/C14H13ClF3N3O4S/c1-8-5-12(20-25-8)19-13(22)7-21(2)26(23,24)9-3-4-11(15)10(6-9)14(16,17)18/h3-6H,7H2,1-2H3,(H,19,20,22). The summed E-state index contributed by atoms with van der Waals surface area (Å²) in [4.78, 5) is 11.3. The third-order valence-electron chi connectivity index (χ3n) is 3.21. The van der Waals surface area contributed by atoms with Crippen molar-refractivity contribution in [1.29, 1.82) is 0 Å². The van der Waals surface area contributed by atoms with Gasteiger partial charge in [0, 0.05) is 13.1 Å². The lowest BCUT2D eigenvalue weighted by Gasteiger charge is -2.18. The molecule has 1 heterocycles. The molecule has 1 N–H and O–H groups in total. The van der Waals surface area contributed by atoms with Crippen molar-refractivity contribution < 1.29 is 30.9 Å². The average molecular weight is 412 g/mol. The molecule has 0 saturated carbocycles. The smallest absolute Gasteiger partial charge is 0.360 e. The third kappa shape index (κ3) is 4.54. The first-order valence-electron chi connectivity index (χ1n) is 6.97. The van der Waals surface area contributed by atoms with Crippen LogP contribution in [0.2, 0.25) is 5.02 Å². The summed E-state index contributed by atoms with van der Waals surface area (Å²) < 4.78 is 68.9. The minimum Gasteiger partial charge on any atom is -0.360 e. The zero-order chi connectivity index (χ0) is 19.7. The van der Waals surface area contributed by atoms with Crippen molar-refractivity contribution in [2.75, 3.05) is 18.9 Å². The molecule has 0 radical (unpaired) electrons. The molecule has 12 heteroatoms. The molecule has 26 heavy (non-hydrogen) atoms. The van der Waals surface area contributed by atoms with Gasteiger partial charge in [0.05, 0.1) is 22.0 Å². The van der Waals surface area contributed by atoms with E-state index in [4.69, 9.17) is 16.1 Å². The number of carbonyl (C=O) groups excluding carboxylic acids is 1. The predicted molar refractivity (Wildman–Crippen MR) is 86.1 cm³/mol. The van der Waals surface area contributed by atoms with Crippen LogP contribution in [0, 0.1) is 6.92 Å². The molecular formula is C14H13ClF3N3O4S. The van der Waals surface area contributed by atoms with Gasteiger partial charge in [-0.15, -0.1) is 0 Å². The van der Waals surface area contributed by atoms with Crippen molar-refractivity contribution in [3.8, 4) is 0 Å². The summed E-state index contributed by atoms with van der Waals surface area (Å²) in [5.41, 5.74) is -1.28. The van der Waals surface area contributed by atoms with E-state index >= 15 is 0 Å². The molecule has 0 bridgehead atoms. The summed E-state index contributed by atoms with van der Waals surface area (Å²) in [6.07, 6.45) is -4.82. The van der Waals surface area contributed by atoms with Crippen molar-refractivity contribution in [2.45, 2.75) is 18.0 Å². The molecule has 1 aromatic carbocycles.